The van der Waals surface area contributed by atoms with E-state index in [1.807, 2.05) is 0 Å². The fraction of sp³-hybridized carbons (Fsp3) is 0.500. The number of hydrogen-bond acceptors (Lipinski definition) is 5. The number of hydrogen-bond donors (Lipinski definition) is 2. The lowest BCUT2D eigenvalue weighted by Gasteiger charge is -2.29. The van der Waals surface area contributed by atoms with Gasteiger partial charge in [0.1, 0.15) is 5.69 Å². The Labute approximate surface area is 144 Å². The summed E-state index contributed by atoms with van der Waals surface area (Å²) in [6, 6.07) is 4.49. The van der Waals surface area contributed by atoms with Crippen molar-refractivity contribution >= 4 is 22.8 Å². The second-order valence-electron chi connectivity index (χ2n) is 7.23. The number of furan rings is 1. The van der Waals surface area contributed by atoms with E-state index in [2.05, 4.69) is 15.6 Å². The molecule has 5 heterocycles. The molecule has 0 spiro atoms. The van der Waals surface area contributed by atoms with E-state index >= 15 is 0 Å². The molecule has 2 aromatic rings. The quantitative estimate of drug-likeness (QED) is 0.879. The van der Waals surface area contributed by atoms with Crippen molar-refractivity contribution in [3.63, 3.8) is 0 Å². The number of amides is 2. The number of carbonyl (C=O) groups is 2. The maximum Gasteiger partial charge on any atom is 0.289 e. The third kappa shape index (κ3) is 2.50. The average molecular weight is 340 g/mol. The highest BCUT2D eigenvalue weighted by Gasteiger charge is 2.39. The maximum atomic E-state index is 12.5. The van der Waals surface area contributed by atoms with Crippen LogP contribution in [0.3, 0.4) is 0 Å². The second kappa shape index (κ2) is 5.56. The predicted octanol–water partition coefficient (Wildman–Crippen LogP) is 1.30. The van der Waals surface area contributed by atoms with Crippen LogP contribution in [0.5, 0.6) is 0 Å². The number of fused-ring (bicyclic) bond motifs is 3. The van der Waals surface area contributed by atoms with E-state index in [1.54, 1.807) is 17.0 Å². The van der Waals surface area contributed by atoms with E-state index in [0.29, 0.717) is 29.1 Å². The summed E-state index contributed by atoms with van der Waals surface area (Å²) in [6.07, 6.45) is 5.86. The number of aromatic nitrogens is 1. The summed E-state index contributed by atoms with van der Waals surface area (Å²) < 4.78 is 5.60. The highest BCUT2D eigenvalue weighted by atomic mass is 16.3. The molecule has 0 aliphatic carbocycles. The third-order valence-electron chi connectivity index (χ3n) is 5.61. The second-order valence-corrected chi connectivity index (χ2v) is 7.23. The van der Waals surface area contributed by atoms with Crippen molar-refractivity contribution in [1.29, 1.82) is 0 Å². The van der Waals surface area contributed by atoms with E-state index in [-0.39, 0.29) is 17.9 Å². The van der Waals surface area contributed by atoms with Gasteiger partial charge in [-0.05, 0) is 37.8 Å². The molecule has 3 aliphatic rings. The molecule has 3 saturated heterocycles. The summed E-state index contributed by atoms with van der Waals surface area (Å²) in [5.41, 5.74) is 0.890. The molecule has 3 fully saturated rings. The van der Waals surface area contributed by atoms with Gasteiger partial charge in [-0.15, -0.1) is 0 Å². The Morgan fingerprint density at radius 3 is 2.84 bits per heavy atom. The molecule has 3 atom stereocenters. The van der Waals surface area contributed by atoms with E-state index in [4.69, 9.17) is 4.42 Å². The zero-order valence-corrected chi connectivity index (χ0v) is 13.8. The van der Waals surface area contributed by atoms with Crippen molar-refractivity contribution in [3.8, 4) is 0 Å². The molecule has 5 rings (SSSR count). The SMILES string of the molecule is O=C(N[C@@H]1C[C@H]2CC[C@@H]1N2)c1cc2cc(C(=O)N3CCC3)oc2cn1. The fourth-order valence-corrected chi connectivity index (χ4v) is 4.08. The van der Waals surface area contributed by atoms with E-state index in [0.717, 1.165) is 37.7 Å². The molecular formula is C18H20N4O3. The molecule has 0 radical (unpaired) electrons. The van der Waals surface area contributed by atoms with Crippen molar-refractivity contribution in [2.45, 2.75) is 43.8 Å². The van der Waals surface area contributed by atoms with Gasteiger partial charge in [0.15, 0.2) is 11.3 Å². The van der Waals surface area contributed by atoms with Crippen molar-refractivity contribution in [2.75, 3.05) is 13.1 Å². The molecule has 0 aromatic carbocycles. The molecule has 7 nitrogen and oxygen atoms in total. The minimum absolute atomic E-state index is 0.0958. The summed E-state index contributed by atoms with van der Waals surface area (Å²) in [5.74, 6) is 0.0472. The first-order chi connectivity index (χ1) is 12.2. The van der Waals surface area contributed by atoms with Crippen molar-refractivity contribution < 1.29 is 14.0 Å². The Morgan fingerprint density at radius 2 is 2.16 bits per heavy atom. The van der Waals surface area contributed by atoms with Crippen LogP contribution >= 0.6 is 0 Å². The van der Waals surface area contributed by atoms with Crippen LogP contribution in [0.15, 0.2) is 22.7 Å². The lowest BCUT2D eigenvalue weighted by molar-refractivity contribution is 0.0621. The number of carbonyl (C=O) groups excluding carboxylic acids is 2. The van der Waals surface area contributed by atoms with E-state index < -0.39 is 0 Å². The van der Waals surface area contributed by atoms with Gasteiger partial charge in [-0.3, -0.25) is 9.59 Å². The molecule has 2 aromatic heterocycles. The first kappa shape index (κ1) is 14.9. The standard InChI is InChI=1S/C18H20N4O3/c23-17(21-13-8-11-2-3-12(13)20-11)14-6-10-7-15(25-16(10)9-19-14)18(24)22-4-1-5-22/h6-7,9,11-13,20H,1-5,8H2,(H,21,23)/t11-,12+,13-/m1/s1. The Morgan fingerprint density at radius 1 is 1.28 bits per heavy atom. The van der Waals surface area contributed by atoms with Crippen molar-refractivity contribution in [1.82, 2.24) is 20.5 Å². The van der Waals surface area contributed by atoms with Gasteiger partial charge in [-0.2, -0.15) is 0 Å². The third-order valence-corrected chi connectivity index (χ3v) is 5.61. The molecule has 7 heteroatoms. The van der Waals surface area contributed by atoms with Crippen LogP contribution in [0.1, 0.15) is 46.7 Å². The fourth-order valence-electron chi connectivity index (χ4n) is 4.08. The van der Waals surface area contributed by atoms with Crippen LogP contribution in [-0.2, 0) is 0 Å². The van der Waals surface area contributed by atoms with Gasteiger partial charge in [0.25, 0.3) is 11.8 Å². The van der Waals surface area contributed by atoms with Gasteiger partial charge >= 0.3 is 0 Å². The Bertz CT molecular complexity index is 857. The molecular weight excluding hydrogens is 320 g/mol. The lowest BCUT2D eigenvalue weighted by atomic mass is 9.95. The van der Waals surface area contributed by atoms with Gasteiger partial charge in [0.05, 0.1) is 6.20 Å². The minimum atomic E-state index is -0.168. The average Bonchev–Trinajstić information content (AvgIpc) is 3.27. The molecule has 0 unspecified atom stereocenters. The van der Waals surface area contributed by atoms with Gasteiger partial charge < -0.3 is 20.0 Å². The van der Waals surface area contributed by atoms with Crippen LogP contribution in [0.25, 0.3) is 11.0 Å². The Kier molecular flexibility index (Phi) is 3.31. The molecule has 2 bridgehead atoms. The van der Waals surface area contributed by atoms with Gasteiger partial charge in [0, 0.05) is 36.6 Å². The lowest BCUT2D eigenvalue weighted by Crippen LogP contribution is -2.43. The van der Waals surface area contributed by atoms with E-state index in [1.165, 1.54) is 12.6 Å². The smallest absolute Gasteiger partial charge is 0.289 e. The Balaban J connectivity index is 1.34. The van der Waals surface area contributed by atoms with Crippen LogP contribution in [0.2, 0.25) is 0 Å². The summed E-state index contributed by atoms with van der Waals surface area (Å²) in [5, 5.41) is 7.33. The monoisotopic (exact) mass is 340 g/mol. The van der Waals surface area contributed by atoms with Crippen LogP contribution in [-0.4, -0.2) is 52.9 Å². The summed E-state index contributed by atoms with van der Waals surface area (Å²) in [6.45, 7) is 1.55. The van der Waals surface area contributed by atoms with Crippen molar-refractivity contribution in [2.24, 2.45) is 0 Å². The molecule has 2 amide bonds. The summed E-state index contributed by atoms with van der Waals surface area (Å²) in [7, 11) is 0. The zero-order valence-electron chi connectivity index (χ0n) is 13.8. The maximum absolute atomic E-state index is 12.5. The van der Waals surface area contributed by atoms with Gasteiger partial charge in [-0.25, -0.2) is 4.98 Å². The molecule has 130 valence electrons. The predicted molar refractivity (Wildman–Crippen MR) is 90.3 cm³/mol. The number of likely N-dealkylation sites (tertiary alicyclic amines) is 1. The summed E-state index contributed by atoms with van der Waals surface area (Å²) >= 11 is 0. The van der Waals surface area contributed by atoms with Crippen LogP contribution < -0.4 is 10.6 Å². The molecule has 2 N–H and O–H groups in total. The highest BCUT2D eigenvalue weighted by molar-refractivity contribution is 5.99. The summed E-state index contributed by atoms with van der Waals surface area (Å²) in [4.78, 5) is 30.7. The van der Waals surface area contributed by atoms with Gasteiger partial charge in [0.2, 0.25) is 0 Å². The van der Waals surface area contributed by atoms with E-state index in [9.17, 15) is 9.59 Å². The molecule has 0 saturated carbocycles. The molecule has 3 aliphatic heterocycles. The first-order valence-electron chi connectivity index (χ1n) is 8.93. The largest absolute Gasteiger partial charge is 0.449 e. The van der Waals surface area contributed by atoms with Crippen molar-refractivity contribution in [3.05, 3.63) is 29.8 Å². The normalized spacial score (nSPS) is 27.5. The number of rotatable bonds is 3. The van der Waals surface area contributed by atoms with Crippen LogP contribution in [0, 0.1) is 0 Å². The minimum Gasteiger partial charge on any atom is -0.449 e. The topological polar surface area (TPSA) is 87.5 Å². The van der Waals surface area contributed by atoms with Gasteiger partial charge in [-0.1, -0.05) is 0 Å². The number of nitrogens with zero attached hydrogens (tertiary/aromatic N) is 2. The number of pyridine rings is 1. The Hall–Kier alpha value is -2.41. The number of nitrogens with one attached hydrogen (secondary N) is 2. The van der Waals surface area contributed by atoms with Crippen LogP contribution in [0.4, 0.5) is 0 Å². The highest BCUT2D eigenvalue weighted by Crippen LogP contribution is 2.28. The zero-order chi connectivity index (χ0) is 17.0. The molecule has 25 heavy (non-hydrogen) atoms. The first-order valence-corrected chi connectivity index (χ1v) is 8.93.